The van der Waals surface area contributed by atoms with Crippen LogP contribution >= 0.6 is 0 Å². The second-order valence-corrected chi connectivity index (χ2v) is 9.56. The molecule has 8 heteroatoms. The third-order valence-electron chi connectivity index (χ3n) is 6.79. The number of carboxylic acids is 2. The van der Waals surface area contributed by atoms with Gasteiger partial charge in [-0.3, -0.25) is 9.80 Å². The van der Waals surface area contributed by atoms with Crippen LogP contribution in [0, 0.1) is 0 Å². The Hall–Kier alpha value is -4.40. The van der Waals surface area contributed by atoms with Gasteiger partial charge in [0, 0.05) is 39.3 Å². The molecule has 208 valence electrons. The van der Waals surface area contributed by atoms with Crippen LogP contribution in [0.15, 0.2) is 91.0 Å². The first-order chi connectivity index (χ1) is 19.4. The maximum atomic E-state index is 9.10. The molecule has 0 bridgehead atoms. The van der Waals surface area contributed by atoms with Crippen LogP contribution in [-0.4, -0.2) is 65.2 Å². The SMILES string of the molecule is COc1ccc(CN2CCN(Cc3cccc4ccccc34)CC2)cc1OCc1ccccc1.O=C(O)C(=O)O. The average Bonchev–Trinajstić information content (AvgIpc) is 2.98. The summed E-state index contributed by atoms with van der Waals surface area (Å²) in [5.41, 5.74) is 3.82. The Balaban J connectivity index is 0.000000557. The van der Waals surface area contributed by atoms with Crippen LogP contribution in [0.5, 0.6) is 11.5 Å². The summed E-state index contributed by atoms with van der Waals surface area (Å²) >= 11 is 0. The van der Waals surface area contributed by atoms with Crippen LogP contribution < -0.4 is 9.47 Å². The van der Waals surface area contributed by atoms with Gasteiger partial charge in [0.25, 0.3) is 0 Å². The normalized spacial score (nSPS) is 13.7. The fraction of sp³-hybridized carbons (Fsp3) is 0.250. The molecule has 0 aromatic heterocycles. The largest absolute Gasteiger partial charge is 0.493 e. The lowest BCUT2D eigenvalue weighted by atomic mass is 10.0. The highest BCUT2D eigenvalue weighted by Gasteiger charge is 2.18. The number of ether oxygens (including phenoxy) is 2. The number of fused-ring (bicyclic) bond motifs is 1. The van der Waals surface area contributed by atoms with Crippen molar-refractivity contribution < 1.29 is 29.3 Å². The smallest absolute Gasteiger partial charge is 0.414 e. The number of carbonyl (C=O) groups is 2. The molecule has 1 aliphatic rings. The van der Waals surface area contributed by atoms with E-state index in [-0.39, 0.29) is 0 Å². The van der Waals surface area contributed by atoms with E-state index in [0.717, 1.165) is 56.3 Å². The monoisotopic (exact) mass is 542 g/mol. The zero-order valence-electron chi connectivity index (χ0n) is 22.5. The van der Waals surface area contributed by atoms with Crippen LogP contribution in [0.2, 0.25) is 0 Å². The van der Waals surface area contributed by atoms with Crippen molar-refractivity contribution in [2.75, 3.05) is 33.3 Å². The van der Waals surface area contributed by atoms with Crippen LogP contribution in [0.25, 0.3) is 10.8 Å². The Morgan fingerprint density at radius 1 is 0.700 bits per heavy atom. The second kappa shape index (κ2) is 14.1. The van der Waals surface area contributed by atoms with E-state index in [4.69, 9.17) is 29.3 Å². The van der Waals surface area contributed by atoms with E-state index in [1.165, 1.54) is 21.9 Å². The standard InChI is InChI=1S/C30H32N2O2.C2H2O4/c1-33-29-15-14-25(20-30(29)34-23-24-8-3-2-4-9-24)21-31-16-18-32(19-17-31)22-27-12-7-11-26-10-5-6-13-28(26)27;3-1(4)2(5)6/h2-15,20H,16-19,21-23H2,1H3;(H,3,4)(H,5,6). The summed E-state index contributed by atoms with van der Waals surface area (Å²) in [6.07, 6.45) is 0. The minimum absolute atomic E-state index is 0.535. The molecule has 1 saturated heterocycles. The molecule has 4 aromatic rings. The Morgan fingerprint density at radius 2 is 1.32 bits per heavy atom. The summed E-state index contributed by atoms with van der Waals surface area (Å²) in [5.74, 6) is -2.07. The van der Waals surface area contributed by atoms with Gasteiger partial charge in [-0.1, -0.05) is 78.9 Å². The number of hydrogen-bond donors (Lipinski definition) is 2. The van der Waals surface area contributed by atoms with E-state index in [9.17, 15) is 0 Å². The summed E-state index contributed by atoms with van der Waals surface area (Å²) in [6.45, 7) is 6.76. The number of benzene rings is 4. The van der Waals surface area contributed by atoms with Gasteiger partial charge in [0.1, 0.15) is 6.61 Å². The van der Waals surface area contributed by atoms with Crippen molar-refractivity contribution in [3.8, 4) is 11.5 Å². The highest BCUT2D eigenvalue weighted by Crippen LogP contribution is 2.29. The van der Waals surface area contributed by atoms with Gasteiger partial charge in [0.05, 0.1) is 7.11 Å². The van der Waals surface area contributed by atoms with Gasteiger partial charge in [0.2, 0.25) is 0 Å². The van der Waals surface area contributed by atoms with Gasteiger partial charge in [0.15, 0.2) is 11.5 Å². The number of rotatable bonds is 8. The molecular weight excluding hydrogens is 508 g/mol. The van der Waals surface area contributed by atoms with Crippen molar-refractivity contribution in [1.82, 2.24) is 9.80 Å². The first-order valence-corrected chi connectivity index (χ1v) is 13.1. The van der Waals surface area contributed by atoms with Crippen molar-refractivity contribution in [2.24, 2.45) is 0 Å². The minimum atomic E-state index is -1.82. The summed E-state index contributed by atoms with van der Waals surface area (Å²) in [7, 11) is 1.69. The molecule has 2 N–H and O–H groups in total. The highest BCUT2D eigenvalue weighted by atomic mass is 16.5. The zero-order valence-corrected chi connectivity index (χ0v) is 22.5. The fourth-order valence-electron chi connectivity index (χ4n) is 4.70. The van der Waals surface area contributed by atoms with Crippen LogP contribution in [0.1, 0.15) is 16.7 Å². The molecule has 0 atom stereocenters. The van der Waals surface area contributed by atoms with Crippen molar-refractivity contribution in [3.63, 3.8) is 0 Å². The molecule has 4 aromatic carbocycles. The molecule has 40 heavy (non-hydrogen) atoms. The molecule has 0 saturated carbocycles. The first-order valence-electron chi connectivity index (χ1n) is 13.1. The summed E-state index contributed by atoms with van der Waals surface area (Å²) in [5, 5.41) is 17.5. The van der Waals surface area contributed by atoms with Gasteiger partial charge >= 0.3 is 11.9 Å². The molecule has 1 fully saturated rings. The Labute approximate surface area is 234 Å². The molecule has 0 radical (unpaired) electrons. The predicted octanol–water partition coefficient (Wildman–Crippen LogP) is 4.90. The Morgan fingerprint density at radius 3 is 2.00 bits per heavy atom. The summed E-state index contributed by atoms with van der Waals surface area (Å²) in [6, 6.07) is 31.9. The van der Waals surface area contributed by atoms with Gasteiger partial charge in [-0.05, 0) is 39.6 Å². The summed E-state index contributed by atoms with van der Waals surface area (Å²) in [4.78, 5) is 23.3. The number of aliphatic carboxylic acids is 2. The second-order valence-electron chi connectivity index (χ2n) is 9.56. The maximum absolute atomic E-state index is 9.10. The molecule has 1 heterocycles. The third-order valence-corrected chi connectivity index (χ3v) is 6.79. The number of piperazine rings is 1. The number of carboxylic acid groups (broad SMARTS) is 2. The Bertz CT molecular complexity index is 1400. The van der Waals surface area contributed by atoms with E-state index in [1.54, 1.807) is 7.11 Å². The average molecular weight is 543 g/mol. The van der Waals surface area contributed by atoms with E-state index in [2.05, 4.69) is 76.5 Å². The molecule has 0 aliphatic carbocycles. The van der Waals surface area contributed by atoms with Gasteiger partial charge in [-0.15, -0.1) is 0 Å². The molecule has 5 rings (SSSR count). The highest BCUT2D eigenvalue weighted by molar-refractivity contribution is 6.27. The van der Waals surface area contributed by atoms with Crippen LogP contribution in [-0.2, 0) is 29.3 Å². The predicted molar refractivity (Wildman–Crippen MR) is 154 cm³/mol. The van der Waals surface area contributed by atoms with Crippen molar-refractivity contribution in [3.05, 3.63) is 108 Å². The number of methoxy groups -OCH3 is 1. The summed E-state index contributed by atoms with van der Waals surface area (Å²) < 4.78 is 11.6. The fourth-order valence-corrected chi connectivity index (χ4v) is 4.70. The zero-order chi connectivity index (χ0) is 28.3. The van der Waals surface area contributed by atoms with Crippen molar-refractivity contribution >= 4 is 22.7 Å². The van der Waals surface area contributed by atoms with E-state index in [0.29, 0.717) is 6.61 Å². The van der Waals surface area contributed by atoms with E-state index >= 15 is 0 Å². The van der Waals surface area contributed by atoms with Gasteiger partial charge in [-0.25, -0.2) is 9.59 Å². The van der Waals surface area contributed by atoms with Gasteiger partial charge < -0.3 is 19.7 Å². The van der Waals surface area contributed by atoms with Gasteiger partial charge in [-0.2, -0.15) is 0 Å². The van der Waals surface area contributed by atoms with E-state index < -0.39 is 11.9 Å². The lowest BCUT2D eigenvalue weighted by molar-refractivity contribution is -0.159. The lowest BCUT2D eigenvalue weighted by Gasteiger charge is -2.35. The maximum Gasteiger partial charge on any atom is 0.414 e. The Kier molecular flexibility index (Phi) is 10.1. The quantitative estimate of drug-likeness (QED) is 0.303. The lowest BCUT2D eigenvalue weighted by Crippen LogP contribution is -2.45. The molecular formula is C32H34N2O6. The topological polar surface area (TPSA) is 99.5 Å². The molecule has 8 nitrogen and oxygen atoms in total. The third kappa shape index (κ3) is 8.05. The first kappa shape index (κ1) is 28.6. The minimum Gasteiger partial charge on any atom is -0.493 e. The molecule has 0 unspecified atom stereocenters. The van der Waals surface area contributed by atoms with Crippen LogP contribution in [0.4, 0.5) is 0 Å². The molecule has 0 amide bonds. The van der Waals surface area contributed by atoms with Crippen molar-refractivity contribution in [2.45, 2.75) is 19.7 Å². The van der Waals surface area contributed by atoms with Crippen molar-refractivity contribution in [1.29, 1.82) is 0 Å². The molecule has 1 aliphatic heterocycles. The number of hydrogen-bond acceptors (Lipinski definition) is 6. The molecule has 0 spiro atoms. The van der Waals surface area contributed by atoms with Crippen LogP contribution in [0.3, 0.4) is 0 Å². The number of nitrogens with zero attached hydrogens (tertiary/aromatic N) is 2. The van der Waals surface area contributed by atoms with E-state index in [1.807, 2.05) is 24.3 Å².